The summed E-state index contributed by atoms with van der Waals surface area (Å²) in [7, 11) is 0. The third kappa shape index (κ3) is 14.0. The van der Waals surface area contributed by atoms with Crippen LogP contribution in [0.15, 0.2) is 59.6 Å². The zero-order valence-electron chi connectivity index (χ0n) is 27.4. The van der Waals surface area contributed by atoms with Crippen molar-refractivity contribution in [2.45, 2.75) is 77.0 Å². The Labute approximate surface area is 282 Å². The molecule has 0 saturated heterocycles. The van der Waals surface area contributed by atoms with Crippen LogP contribution in [0.4, 0.5) is 16.2 Å². The number of carbonyl (C=O) groups excluding carboxylic acids is 4. The zero-order valence-corrected chi connectivity index (χ0v) is 27.4. The normalized spacial score (nSPS) is 12.8. The first-order valence-corrected chi connectivity index (χ1v) is 15.1. The Morgan fingerprint density at radius 2 is 1.65 bits per heavy atom. The molecule has 0 radical (unpaired) electrons. The number of hydrogen-bond acceptors (Lipinski definition) is 11. The average molecular weight is 687 g/mol. The topological polar surface area (TPSA) is 285 Å². The molecule has 3 atom stereocenters. The minimum Gasteiger partial charge on any atom is -0.480 e. The van der Waals surface area contributed by atoms with Crippen molar-refractivity contribution >= 4 is 47.1 Å². The predicted molar refractivity (Wildman–Crippen MR) is 177 cm³/mol. The van der Waals surface area contributed by atoms with Crippen LogP contribution < -0.4 is 27.8 Å². The lowest BCUT2D eigenvalue weighted by Crippen LogP contribution is -2.59. The fourth-order valence-corrected chi connectivity index (χ4v) is 4.17. The van der Waals surface area contributed by atoms with E-state index in [4.69, 9.17) is 31.8 Å². The number of carbonyl (C=O) groups is 5. The highest BCUT2D eigenvalue weighted by molar-refractivity contribution is 6.04. The molecule has 18 nitrogen and oxygen atoms in total. The molecule has 4 amide bonds. The van der Waals surface area contributed by atoms with Crippen LogP contribution in [-0.2, 0) is 35.3 Å². The minimum atomic E-state index is -1.86. The summed E-state index contributed by atoms with van der Waals surface area (Å²) in [4.78, 5) is 80.7. The molecule has 0 bridgehead atoms. The summed E-state index contributed by atoms with van der Waals surface area (Å²) < 4.78 is 11.3. The monoisotopic (exact) mass is 686 g/mol. The molecule has 0 aromatic heterocycles. The summed E-state index contributed by atoms with van der Waals surface area (Å²) in [5.41, 5.74) is 15.7. The number of benzene rings is 2. The Balaban J connectivity index is 2.55. The maximum absolute atomic E-state index is 14.3. The van der Waals surface area contributed by atoms with Crippen molar-refractivity contribution in [3.63, 3.8) is 0 Å². The van der Waals surface area contributed by atoms with Crippen LogP contribution in [0.25, 0.3) is 0 Å². The molecule has 49 heavy (non-hydrogen) atoms. The SMILES string of the molecule is CC(C)(C)OC(NC(=O)CC[C@H](N)C(=O)O)C(=O)N(C(=O)OCc1ccccc1)[C@@H](CCCN=C(N)N)C(=O)Nc1ccc([N+](=O)[O-])cc1. The number of aliphatic carboxylic acids is 1. The predicted octanol–water partition coefficient (Wildman–Crippen LogP) is 1.57. The van der Waals surface area contributed by atoms with Crippen molar-refractivity contribution in [2.24, 2.45) is 22.2 Å². The zero-order chi connectivity index (χ0) is 36.7. The summed E-state index contributed by atoms with van der Waals surface area (Å²) in [6.07, 6.45) is -3.92. The fraction of sp³-hybridized carbons (Fsp3) is 0.419. The Morgan fingerprint density at radius 3 is 2.20 bits per heavy atom. The number of hydrogen-bond donors (Lipinski definition) is 6. The van der Waals surface area contributed by atoms with E-state index in [1.807, 2.05) is 0 Å². The first-order chi connectivity index (χ1) is 23.0. The third-order valence-corrected chi connectivity index (χ3v) is 6.52. The van der Waals surface area contributed by atoms with Gasteiger partial charge in [0, 0.05) is 30.8 Å². The Morgan fingerprint density at radius 1 is 1.02 bits per heavy atom. The highest BCUT2D eigenvalue weighted by Gasteiger charge is 2.41. The van der Waals surface area contributed by atoms with Crippen molar-refractivity contribution in [2.75, 3.05) is 11.9 Å². The van der Waals surface area contributed by atoms with E-state index in [0.717, 1.165) is 12.1 Å². The number of carboxylic acids is 1. The number of nitro benzene ring substituents is 1. The lowest BCUT2D eigenvalue weighted by molar-refractivity contribution is -0.384. The van der Waals surface area contributed by atoms with Crippen molar-refractivity contribution in [1.82, 2.24) is 10.2 Å². The molecule has 0 heterocycles. The van der Waals surface area contributed by atoms with Crippen LogP contribution in [-0.4, -0.2) is 81.1 Å². The quantitative estimate of drug-likeness (QED) is 0.0344. The van der Waals surface area contributed by atoms with Crippen molar-refractivity contribution in [1.29, 1.82) is 0 Å². The number of nitrogens with zero attached hydrogens (tertiary/aromatic N) is 3. The molecule has 0 aliphatic rings. The molecule has 2 aromatic carbocycles. The fourth-order valence-electron chi connectivity index (χ4n) is 4.17. The number of guanidine groups is 1. The van der Waals surface area contributed by atoms with Gasteiger partial charge in [-0.2, -0.15) is 0 Å². The molecule has 0 saturated carbocycles. The van der Waals surface area contributed by atoms with Crippen molar-refractivity contribution < 1.29 is 43.5 Å². The van der Waals surface area contributed by atoms with Gasteiger partial charge in [0.15, 0.2) is 5.96 Å². The number of imide groups is 1. The largest absolute Gasteiger partial charge is 0.480 e. The lowest BCUT2D eigenvalue weighted by atomic mass is 10.1. The Hall–Kier alpha value is -5.62. The van der Waals surface area contributed by atoms with E-state index in [9.17, 15) is 34.1 Å². The van der Waals surface area contributed by atoms with Crippen LogP contribution in [0.2, 0.25) is 0 Å². The number of ether oxygens (including phenoxy) is 2. The molecule has 0 aliphatic carbocycles. The molecule has 0 aliphatic heterocycles. The van der Waals surface area contributed by atoms with Gasteiger partial charge in [-0.1, -0.05) is 30.3 Å². The number of anilines is 1. The number of aliphatic imine (C=N–C) groups is 1. The number of amides is 4. The van der Waals surface area contributed by atoms with Gasteiger partial charge in [0.2, 0.25) is 18.0 Å². The van der Waals surface area contributed by atoms with Crippen LogP contribution in [0.5, 0.6) is 0 Å². The first kappa shape index (κ1) is 39.6. The summed E-state index contributed by atoms with van der Waals surface area (Å²) in [5.74, 6) is -4.46. The molecule has 1 unspecified atom stereocenters. The van der Waals surface area contributed by atoms with Gasteiger partial charge in [-0.15, -0.1) is 0 Å². The molecule has 2 aromatic rings. The maximum Gasteiger partial charge on any atom is 0.417 e. The standard InChI is InChI=1S/C31H42N8O10/c1-31(2,3)49-26(37-24(40)16-15-22(32)28(43)44)27(42)38(30(45)48-18-19-8-5-4-6-9-19)23(10-7-17-35-29(33)34)25(41)36-20-11-13-21(14-12-20)39(46)47/h4-6,8-9,11-14,22-23,26H,7,10,15-18,32H2,1-3H3,(H,36,41)(H,37,40)(H,43,44)(H4,33,34,35)/t22-,23-,26?/m0/s1. The first-order valence-electron chi connectivity index (χ1n) is 15.1. The molecule has 266 valence electrons. The van der Waals surface area contributed by atoms with E-state index in [1.54, 1.807) is 51.1 Å². The maximum atomic E-state index is 14.3. The lowest BCUT2D eigenvalue weighted by Gasteiger charge is -2.34. The van der Waals surface area contributed by atoms with E-state index in [2.05, 4.69) is 15.6 Å². The summed E-state index contributed by atoms with van der Waals surface area (Å²) in [6.45, 7) is 4.44. The summed E-state index contributed by atoms with van der Waals surface area (Å²) in [6, 6.07) is 10.4. The van der Waals surface area contributed by atoms with E-state index in [0.29, 0.717) is 10.5 Å². The van der Waals surface area contributed by atoms with Gasteiger partial charge in [0.1, 0.15) is 18.7 Å². The van der Waals surface area contributed by atoms with E-state index >= 15 is 0 Å². The second-order valence-electron chi connectivity index (χ2n) is 11.7. The number of nitro groups is 1. The molecule has 0 spiro atoms. The minimum absolute atomic E-state index is 0.00717. The van der Waals surface area contributed by atoms with Crippen LogP contribution in [0.1, 0.15) is 52.0 Å². The number of non-ortho nitro benzene ring substituents is 1. The Bertz CT molecular complexity index is 1490. The summed E-state index contributed by atoms with van der Waals surface area (Å²) >= 11 is 0. The van der Waals surface area contributed by atoms with Crippen LogP contribution in [0.3, 0.4) is 0 Å². The number of nitrogens with one attached hydrogen (secondary N) is 2. The van der Waals surface area contributed by atoms with Gasteiger partial charge < -0.3 is 42.4 Å². The number of rotatable bonds is 17. The molecular formula is C31H42N8O10. The van der Waals surface area contributed by atoms with Gasteiger partial charge >= 0.3 is 12.1 Å². The van der Waals surface area contributed by atoms with Gasteiger partial charge in [-0.25, -0.2) is 9.69 Å². The highest BCUT2D eigenvalue weighted by Crippen LogP contribution is 2.21. The van der Waals surface area contributed by atoms with Gasteiger partial charge in [0.05, 0.1) is 10.5 Å². The molecule has 2 rings (SSSR count). The molecule has 0 fully saturated rings. The van der Waals surface area contributed by atoms with Gasteiger partial charge in [-0.05, 0) is 57.7 Å². The van der Waals surface area contributed by atoms with Crippen molar-refractivity contribution in [3.05, 3.63) is 70.3 Å². The highest BCUT2D eigenvalue weighted by atomic mass is 16.6. The smallest absolute Gasteiger partial charge is 0.417 e. The second kappa shape index (κ2) is 18.6. The van der Waals surface area contributed by atoms with E-state index in [1.165, 1.54) is 12.1 Å². The Kier molecular flexibility index (Phi) is 15.1. The molecule has 9 N–H and O–H groups in total. The van der Waals surface area contributed by atoms with E-state index in [-0.39, 0.29) is 49.7 Å². The van der Waals surface area contributed by atoms with E-state index < -0.39 is 65.0 Å². The van der Waals surface area contributed by atoms with Crippen LogP contribution in [0, 0.1) is 10.1 Å². The second-order valence-corrected chi connectivity index (χ2v) is 11.7. The summed E-state index contributed by atoms with van der Waals surface area (Å²) in [5, 5.41) is 25.1. The molecule has 18 heteroatoms. The van der Waals surface area contributed by atoms with Gasteiger partial charge in [0.25, 0.3) is 11.6 Å². The van der Waals surface area contributed by atoms with Gasteiger partial charge in [-0.3, -0.25) is 34.3 Å². The van der Waals surface area contributed by atoms with Crippen LogP contribution >= 0.6 is 0 Å². The van der Waals surface area contributed by atoms with Crippen molar-refractivity contribution in [3.8, 4) is 0 Å². The third-order valence-electron chi connectivity index (χ3n) is 6.52. The average Bonchev–Trinajstić information content (AvgIpc) is 3.03. The number of carboxylic acid groups (broad SMARTS) is 1. The number of nitrogens with two attached hydrogens (primary N) is 3. The molecular weight excluding hydrogens is 644 g/mol.